The molecule has 1 saturated heterocycles. The molecule has 0 amide bonds. The lowest BCUT2D eigenvalue weighted by Crippen LogP contribution is -2.39. The first-order chi connectivity index (χ1) is 8.72. The molecule has 0 aromatic heterocycles. The fourth-order valence-electron chi connectivity index (χ4n) is 1.69. The number of guanidine groups is 1. The predicted octanol–water partition coefficient (Wildman–Crippen LogP) is 1.00. The molecule has 1 aliphatic heterocycles. The molecule has 106 valence electrons. The number of nitrogens with one attached hydrogen (secondary N) is 2. The minimum Gasteiger partial charge on any atom is -0.379 e. The van der Waals surface area contributed by atoms with Gasteiger partial charge in [-0.2, -0.15) is 0 Å². The molecule has 0 aliphatic carbocycles. The van der Waals surface area contributed by atoms with Gasteiger partial charge in [0.2, 0.25) is 0 Å². The van der Waals surface area contributed by atoms with Crippen LogP contribution in [-0.4, -0.2) is 52.0 Å². The summed E-state index contributed by atoms with van der Waals surface area (Å²) in [7, 11) is 1.79. The normalized spacial score (nSPS) is 20.4. The first-order valence-corrected chi connectivity index (χ1v) is 6.86. The SMILES string of the molecule is CN=C(NCCCOC1CCOC1)NCC(C)C. The van der Waals surface area contributed by atoms with E-state index in [1.807, 2.05) is 0 Å². The third-order valence-electron chi connectivity index (χ3n) is 2.76. The topological polar surface area (TPSA) is 54.9 Å². The average molecular weight is 257 g/mol. The molecule has 0 aromatic rings. The molecule has 0 saturated carbocycles. The second-order valence-corrected chi connectivity index (χ2v) is 4.98. The number of aliphatic imine (C=N–C) groups is 1. The molecule has 1 rings (SSSR count). The lowest BCUT2D eigenvalue weighted by Gasteiger charge is -2.14. The maximum absolute atomic E-state index is 5.69. The number of hydrogen-bond donors (Lipinski definition) is 2. The van der Waals surface area contributed by atoms with Gasteiger partial charge in [-0.1, -0.05) is 13.8 Å². The van der Waals surface area contributed by atoms with Crippen LogP contribution in [0, 0.1) is 5.92 Å². The summed E-state index contributed by atoms with van der Waals surface area (Å²) in [4.78, 5) is 4.17. The average Bonchev–Trinajstić information content (AvgIpc) is 2.85. The van der Waals surface area contributed by atoms with E-state index in [-0.39, 0.29) is 0 Å². The molecule has 5 heteroatoms. The summed E-state index contributed by atoms with van der Waals surface area (Å²) >= 11 is 0. The molecule has 5 nitrogen and oxygen atoms in total. The lowest BCUT2D eigenvalue weighted by atomic mass is 10.2. The highest BCUT2D eigenvalue weighted by atomic mass is 16.5. The van der Waals surface area contributed by atoms with Gasteiger partial charge in [0.25, 0.3) is 0 Å². The van der Waals surface area contributed by atoms with Crippen LogP contribution >= 0.6 is 0 Å². The second kappa shape index (κ2) is 9.16. The fraction of sp³-hybridized carbons (Fsp3) is 0.923. The van der Waals surface area contributed by atoms with Crippen molar-refractivity contribution in [2.24, 2.45) is 10.9 Å². The highest BCUT2D eigenvalue weighted by Gasteiger charge is 2.15. The second-order valence-electron chi connectivity index (χ2n) is 4.98. The number of rotatable bonds is 7. The van der Waals surface area contributed by atoms with Crippen molar-refractivity contribution in [1.29, 1.82) is 0 Å². The van der Waals surface area contributed by atoms with Gasteiger partial charge in [0, 0.05) is 33.4 Å². The molecule has 1 aliphatic rings. The van der Waals surface area contributed by atoms with Crippen molar-refractivity contribution in [3.8, 4) is 0 Å². The molecule has 2 N–H and O–H groups in total. The maximum atomic E-state index is 5.69. The number of ether oxygens (including phenoxy) is 2. The van der Waals surface area contributed by atoms with Crippen LogP contribution in [0.5, 0.6) is 0 Å². The van der Waals surface area contributed by atoms with Crippen molar-refractivity contribution in [2.75, 3.05) is 40.0 Å². The molecule has 1 heterocycles. The van der Waals surface area contributed by atoms with Crippen LogP contribution in [0.15, 0.2) is 4.99 Å². The first-order valence-electron chi connectivity index (χ1n) is 6.86. The monoisotopic (exact) mass is 257 g/mol. The van der Waals surface area contributed by atoms with Crippen LogP contribution in [0.3, 0.4) is 0 Å². The molecule has 1 unspecified atom stereocenters. The minimum atomic E-state index is 0.309. The van der Waals surface area contributed by atoms with E-state index in [9.17, 15) is 0 Å². The van der Waals surface area contributed by atoms with Crippen LogP contribution in [0.1, 0.15) is 26.7 Å². The molecule has 0 bridgehead atoms. The Morgan fingerprint density at radius 3 is 2.89 bits per heavy atom. The van der Waals surface area contributed by atoms with Crippen LogP contribution in [0.4, 0.5) is 0 Å². The van der Waals surface area contributed by atoms with Gasteiger partial charge in [0.05, 0.1) is 12.7 Å². The van der Waals surface area contributed by atoms with Crippen molar-refractivity contribution < 1.29 is 9.47 Å². The van der Waals surface area contributed by atoms with E-state index in [0.29, 0.717) is 12.0 Å². The highest BCUT2D eigenvalue weighted by Crippen LogP contribution is 2.07. The largest absolute Gasteiger partial charge is 0.379 e. The summed E-state index contributed by atoms with van der Waals surface area (Å²) in [5.74, 6) is 1.49. The zero-order valence-electron chi connectivity index (χ0n) is 11.9. The summed E-state index contributed by atoms with van der Waals surface area (Å²) in [6, 6.07) is 0. The third kappa shape index (κ3) is 6.81. The van der Waals surface area contributed by atoms with Crippen molar-refractivity contribution >= 4 is 5.96 Å². The van der Waals surface area contributed by atoms with Crippen LogP contribution in [0.2, 0.25) is 0 Å². The number of hydrogen-bond acceptors (Lipinski definition) is 3. The summed E-state index contributed by atoms with van der Waals surface area (Å²) in [5, 5.41) is 6.56. The molecule has 1 fully saturated rings. The smallest absolute Gasteiger partial charge is 0.190 e. The van der Waals surface area contributed by atoms with Gasteiger partial charge in [0.1, 0.15) is 0 Å². The van der Waals surface area contributed by atoms with Crippen LogP contribution in [-0.2, 0) is 9.47 Å². The summed E-state index contributed by atoms with van der Waals surface area (Å²) in [5.41, 5.74) is 0. The van der Waals surface area contributed by atoms with E-state index in [0.717, 1.165) is 51.7 Å². The Balaban J connectivity index is 1.97. The zero-order chi connectivity index (χ0) is 13.2. The molecular weight excluding hydrogens is 230 g/mol. The number of nitrogens with zero attached hydrogens (tertiary/aromatic N) is 1. The van der Waals surface area contributed by atoms with E-state index in [1.54, 1.807) is 7.05 Å². The molecule has 0 radical (unpaired) electrons. The van der Waals surface area contributed by atoms with Crippen molar-refractivity contribution in [3.05, 3.63) is 0 Å². The standard InChI is InChI=1S/C13H27N3O2/c1-11(2)9-16-13(14-3)15-6-4-7-18-12-5-8-17-10-12/h11-12H,4-10H2,1-3H3,(H2,14,15,16). The van der Waals surface area contributed by atoms with Gasteiger partial charge in [-0.25, -0.2) is 0 Å². The third-order valence-corrected chi connectivity index (χ3v) is 2.76. The Kier molecular flexibility index (Phi) is 7.76. The lowest BCUT2D eigenvalue weighted by molar-refractivity contribution is 0.0420. The molecule has 0 spiro atoms. The molecule has 1 atom stereocenters. The Labute approximate surface area is 110 Å². The minimum absolute atomic E-state index is 0.309. The van der Waals surface area contributed by atoms with Crippen molar-refractivity contribution in [1.82, 2.24) is 10.6 Å². The van der Waals surface area contributed by atoms with Crippen LogP contribution in [0.25, 0.3) is 0 Å². The van der Waals surface area contributed by atoms with E-state index < -0.39 is 0 Å². The Bertz CT molecular complexity index is 238. The van der Waals surface area contributed by atoms with Gasteiger partial charge < -0.3 is 20.1 Å². The van der Waals surface area contributed by atoms with Crippen molar-refractivity contribution in [3.63, 3.8) is 0 Å². The van der Waals surface area contributed by atoms with Gasteiger partial charge in [-0.3, -0.25) is 4.99 Å². The summed E-state index contributed by atoms with van der Waals surface area (Å²) in [6.07, 6.45) is 2.33. The Hall–Kier alpha value is -0.810. The predicted molar refractivity (Wildman–Crippen MR) is 74.0 cm³/mol. The zero-order valence-corrected chi connectivity index (χ0v) is 11.9. The van der Waals surface area contributed by atoms with Gasteiger partial charge in [-0.15, -0.1) is 0 Å². The first kappa shape index (κ1) is 15.2. The summed E-state index contributed by atoms with van der Waals surface area (Å²) in [6.45, 7) is 8.55. The molecule has 18 heavy (non-hydrogen) atoms. The van der Waals surface area contributed by atoms with E-state index in [4.69, 9.17) is 9.47 Å². The fourth-order valence-corrected chi connectivity index (χ4v) is 1.69. The van der Waals surface area contributed by atoms with Crippen molar-refractivity contribution in [2.45, 2.75) is 32.8 Å². The van der Waals surface area contributed by atoms with E-state index in [1.165, 1.54) is 0 Å². The van der Waals surface area contributed by atoms with Gasteiger partial charge in [-0.05, 0) is 18.8 Å². The summed E-state index contributed by atoms with van der Waals surface area (Å²) < 4.78 is 10.9. The highest BCUT2D eigenvalue weighted by molar-refractivity contribution is 5.79. The van der Waals surface area contributed by atoms with E-state index >= 15 is 0 Å². The Morgan fingerprint density at radius 1 is 1.44 bits per heavy atom. The molecule has 0 aromatic carbocycles. The van der Waals surface area contributed by atoms with Gasteiger partial charge >= 0.3 is 0 Å². The van der Waals surface area contributed by atoms with Gasteiger partial charge in [0.15, 0.2) is 5.96 Å². The Morgan fingerprint density at radius 2 is 2.28 bits per heavy atom. The van der Waals surface area contributed by atoms with E-state index in [2.05, 4.69) is 29.5 Å². The van der Waals surface area contributed by atoms with Crippen LogP contribution < -0.4 is 10.6 Å². The molecular formula is C13H27N3O2. The maximum Gasteiger partial charge on any atom is 0.190 e. The quantitative estimate of drug-likeness (QED) is 0.406.